The van der Waals surface area contributed by atoms with E-state index in [2.05, 4.69) is 230 Å². The Balaban J connectivity index is 1.18. The van der Waals surface area contributed by atoms with Gasteiger partial charge in [-0.3, -0.25) is 0 Å². The summed E-state index contributed by atoms with van der Waals surface area (Å²) in [6.45, 7) is 4.74. The highest BCUT2D eigenvalue weighted by atomic mass is 15.2. The fraction of sp³-hybridized carbons (Fsp3) is 0.0877. The number of nitrogens with zero attached hydrogens (tertiary/aromatic N) is 2. The molecule has 2 heteroatoms. The molecule has 0 amide bonds. The van der Waals surface area contributed by atoms with E-state index >= 15 is 0 Å². The molecule has 59 heavy (non-hydrogen) atoms. The van der Waals surface area contributed by atoms with Gasteiger partial charge >= 0.3 is 0 Å². The van der Waals surface area contributed by atoms with Gasteiger partial charge in [-0.25, -0.2) is 0 Å². The molecule has 0 unspecified atom stereocenters. The first-order valence-electron chi connectivity index (χ1n) is 20.8. The molecule has 2 nitrogen and oxygen atoms in total. The van der Waals surface area contributed by atoms with Gasteiger partial charge in [-0.05, 0) is 93.7 Å². The molecule has 8 aromatic carbocycles. The highest BCUT2D eigenvalue weighted by Gasteiger charge is 2.38. The SMILES string of the molecule is CC1(C)c2ccccc2-c2c(N(c3cccc(-n4c5c(c6ccccc64)=CCCC=5)c3)c3ccccc3-c3ccccc3-c3ccccc3-c3ccccc3)cccc21. The normalized spacial score (nSPS) is 13.5. The van der Waals surface area contributed by atoms with Gasteiger partial charge in [-0.1, -0.05) is 184 Å². The fourth-order valence-corrected chi connectivity index (χ4v) is 9.96. The first-order valence-corrected chi connectivity index (χ1v) is 20.8. The molecule has 0 N–H and O–H groups in total. The molecule has 0 aliphatic heterocycles. The number of para-hydroxylation sites is 2. The topological polar surface area (TPSA) is 8.17 Å². The van der Waals surface area contributed by atoms with Crippen molar-refractivity contribution in [1.29, 1.82) is 0 Å². The lowest BCUT2D eigenvalue weighted by molar-refractivity contribution is 0.660. The van der Waals surface area contributed by atoms with Crippen LogP contribution in [-0.2, 0) is 5.41 Å². The molecule has 0 radical (unpaired) electrons. The Morgan fingerprint density at radius 3 is 1.85 bits per heavy atom. The molecule has 1 aromatic heterocycles. The van der Waals surface area contributed by atoms with Crippen LogP contribution in [0.4, 0.5) is 17.1 Å². The number of rotatable bonds is 7. The predicted octanol–water partition coefficient (Wildman–Crippen LogP) is 13.8. The van der Waals surface area contributed by atoms with Gasteiger partial charge in [0.1, 0.15) is 0 Å². The number of aromatic nitrogens is 1. The molecule has 11 rings (SSSR count). The van der Waals surface area contributed by atoms with Crippen molar-refractivity contribution in [2.45, 2.75) is 32.1 Å². The Morgan fingerprint density at radius 2 is 1.03 bits per heavy atom. The Morgan fingerprint density at radius 1 is 0.458 bits per heavy atom. The van der Waals surface area contributed by atoms with Crippen LogP contribution in [0.15, 0.2) is 194 Å². The smallest absolute Gasteiger partial charge is 0.0543 e. The van der Waals surface area contributed by atoms with Crippen LogP contribution in [0.25, 0.3) is 73.2 Å². The highest BCUT2D eigenvalue weighted by molar-refractivity contribution is 6.01. The number of benzene rings is 8. The number of hydrogen-bond donors (Lipinski definition) is 0. The second kappa shape index (κ2) is 14.0. The van der Waals surface area contributed by atoms with E-state index in [0.717, 1.165) is 29.9 Å². The minimum absolute atomic E-state index is 0.141. The molecule has 9 aromatic rings. The lowest BCUT2D eigenvalue weighted by Crippen LogP contribution is -2.30. The summed E-state index contributed by atoms with van der Waals surface area (Å²) in [4.78, 5) is 2.53. The molecule has 0 fully saturated rings. The largest absolute Gasteiger partial charge is 0.310 e. The number of hydrogen-bond acceptors (Lipinski definition) is 1. The van der Waals surface area contributed by atoms with E-state index in [0.29, 0.717) is 0 Å². The third-order valence-electron chi connectivity index (χ3n) is 12.6. The van der Waals surface area contributed by atoms with E-state index in [4.69, 9.17) is 0 Å². The summed E-state index contributed by atoms with van der Waals surface area (Å²) < 4.78 is 2.47. The lowest BCUT2D eigenvalue weighted by Gasteiger charge is -2.31. The van der Waals surface area contributed by atoms with E-state index in [1.54, 1.807) is 0 Å². The Kier molecular flexibility index (Phi) is 8.34. The second-order valence-electron chi connectivity index (χ2n) is 16.3. The van der Waals surface area contributed by atoms with Gasteiger partial charge in [0.25, 0.3) is 0 Å². The molecule has 0 bridgehead atoms. The van der Waals surface area contributed by atoms with E-state index < -0.39 is 0 Å². The third kappa shape index (κ3) is 5.62. The summed E-state index contributed by atoms with van der Waals surface area (Å²) in [5.74, 6) is 0. The standard InChI is InChI=1S/C57H44N2/c1-57(2)50-32-14-10-31-49(50)56-51(57)33-19-37-55(56)59(41-23-18-22-40(38-41)58-53-35-16-12-29-47(53)48-30-13-17-36-54(48)58)52-34-15-11-28-46(52)45-27-9-8-26-44(45)43-25-7-6-24-42(43)39-20-4-3-5-21-39/h3-12,14-16,18-38H,13,17H2,1-2H3. The molecule has 282 valence electrons. The van der Waals surface area contributed by atoms with Gasteiger partial charge in [0, 0.05) is 43.9 Å². The minimum atomic E-state index is -0.141. The van der Waals surface area contributed by atoms with Crippen molar-refractivity contribution in [3.8, 4) is 50.2 Å². The van der Waals surface area contributed by atoms with E-state index in [-0.39, 0.29) is 5.41 Å². The number of fused-ring (bicyclic) bond motifs is 6. The van der Waals surface area contributed by atoms with Crippen LogP contribution in [0.3, 0.4) is 0 Å². The lowest BCUT2D eigenvalue weighted by atomic mass is 9.82. The van der Waals surface area contributed by atoms with Crippen LogP contribution in [0.5, 0.6) is 0 Å². The molecule has 0 saturated heterocycles. The zero-order valence-corrected chi connectivity index (χ0v) is 33.4. The van der Waals surface area contributed by atoms with Gasteiger partial charge in [0.2, 0.25) is 0 Å². The van der Waals surface area contributed by atoms with Crippen LogP contribution in [0.1, 0.15) is 37.8 Å². The van der Waals surface area contributed by atoms with Crippen LogP contribution in [0.2, 0.25) is 0 Å². The van der Waals surface area contributed by atoms with E-state index in [9.17, 15) is 0 Å². The van der Waals surface area contributed by atoms with Crippen molar-refractivity contribution in [1.82, 2.24) is 4.57 Å². The molecule has 0 atom stereocenters. The third-order valence-corrected chi connectivity index (χ3v) is 12.6. The van der Waals surface area contributed by atoms with Crippen LogP contribution >= 0.6 is 0 Å². The quantitative estimate of drug-likeness (QED) is 0.157. The maximum absolute atomic E-state index is 2.53. The zero-order valence-electron chi connectivity index (χ0n) is 33.4. The van der Waals surface area contributed by atoms with Gasteiger partial charge in [0.15, 0.2) is 0 Å². The molecule has 0 spiro atoms. The van der Waals surface area contributed by atoms with E-state index in [1.807, 2.05) is 0 Å². The van der Waals surface area contributed by atoms with Crippen molar-refractivity contribution < 1.29 is 0 Å². The molecule has 1 heterocycles. The Hall–Kier alpha value is -7.16. The van der Waals surface area contributed by atoms with Crippen molar-refractivity contribution >= 4 is 40.1 Å². The molecule has 2 aliphatic carbocycles. The summed E-state index contributed by atoms with van der Waals surface area (Å²) >= 11 is 0. The second-order valence-corrected chi connectivity index (χ2v) is 16.3. The predicted molar refractivity (Wildman–Crippen MR) is 249 cm³/mol. The number of anilines is 3. The van der Waals surface area contributed by atoms with Crippen LogP contribution < -0.4 is 15.5 Å². The average Bonchev–Trinajstić information content (AvgIpc) is 3.76. The minimum Gasteiger partial charge on any atom is -0.310 e. The van der Waals surface area contributed by atoms with E-state index in [1.165, 1.54) is 82.8 Å². The van der Waals surface area contributed by atoms with Gasteiger partial charge in [-0.2, -0.15) is 0 Å². The summed E-state index contributed by atoms with van der Waals surface area (Å²) in [5, 5.41) is 3.92. The zero-order chi connectivity index (χ0) is 39.5. The fourth-order valence-electron chi connectivity index (χ4n) is 9.96. The van der Waals surface area contributed by atoms with Crippen molar-refractivity contribution in [2.75, 3.05) is 4.90 Å². The highest BCUT2D eigenvalue weighted by Crippen LogP contribution is 2.55. The van der Waals surface area contributed by atoms with Gasteiger partial charge < -0.3 is 9.47 Å². The van der Waals surface area contributed by atoms with Crippen molar-refractivity contribution in [2.24, 2.45) is 0 Å². The molecule has 2 aliphatic rings. The monoisotopic (exact) mass is 756 g/mol. The molecular weight excluding hydrogens is 713 g/mol. The first kappa shape index (κ1) is 35.0. The van der Waals surface area contributed by atoms with Crippen molar-refractivity contribution in [3.05, 3.63) is 216 Å². The molecule has 0 saturated carbocycles. The van der Waals surface area contributed by atoms with Crippen LogP contribution in [0, 0.1) is 0 Å². The van der Waals surface area contributed by atoms with Crippen molar-refractivity contribution in [3.63, 3.8) is 0 Å². The Bertz CT molecular complexity index is 3200. The summed E-state index contributed by atoms with van der Waals surface area (Å²) in [6, 6.07) is 71.5. The van der Waals surface area contributed by atoms with Crippen LogP contribution in [-0.4, -0.2) is 4.57 Å². The maximum Gasteiger partial charge on any atom is 0.0543 e. The molecular formula is C57H44N2. The average molecular weight is 757 g/mol. The maximum atomic E-state index is 2.53. The summed E-state index contributed by atoms with van der Waals surface area (Å²) in [6.07, 6.45) is 6.95. The Labute approximate surface area is 346 Å². The van der Waals surface area contributed by atoms with Gasteiger partial charge in [-0.15, -0.1) is 0 Å². The van der Waals surface area contributed by atoms with Gasteiger partial charge in [0.05, 0.1) is 16.9 Å². The first-order chi connectivity index (χ1) is 29.1. The summed E-state index contributed by atoms with van der Waals surface area (Å²) in [5.41, 5.74) is 18.2. The summed E-state index contributed by atoms with van der Waals surface area (Å²) in [7, 11) is 0.